The van der Waals surface area contributed by atoms with Gasteiger partial charge in [-0.3, -0.25) is 9.69 Å². The molecule has 2 heterocycles. The number of carbonyl (C=O) groups is 3. The fourth-order valence-corrected chi connectivity index (χ4v) is 5.70. The van der Waals surface area contributed by atoms with Gasteiger partial charge in [-0.25, -0.2) is 19.6 Å². The van der Waals surface area contributed by atoms with Crippen LogP contribution in [0.2, 0.25) is 0 Å². The van der Waals surface area contributed by atoms with Crippen molar-refractivity contribution in [2.24, 2.45) is 0 Å². The molecule has 0 radical (unpaired) electrons. The van der Waals surface area contributed by atoms with Crippen molar-refractivity contribution in [1.29, 1.82) is 0 Å². The number of nitrogens with two attached hydrogens (primary N) is 1. The lowest BCUT2D eigenvalue weighted by atomic mass is 9.97. The summed E-state index contributed by atoms with van der Waals surface area (Å²) in [6.07, 6.45) is 0.336. The zero-order chi connectivity index (χ0) is 34.1. The molecule has 13 heteroatoms. The molecule has 3 rings (SSSR count). The number of hydrogen-bond acceptors (Lipinski definition) is 11. The summed E-state index contributed by atoms with van der Waals surface area (Å²) in [4.78, 5) is 49.1. The fourth-order valence-electron chi connectivity index (χ4n) is 4.85. The minimum Gasteiger partial charge on any atom is -0.456 e. The smallest absolute Gasteiger partial charge is 0.407 e. The monoisotopic (exact) mass is 658 g/mol. The number of aryl methyl sites for hydroxylation is 2. The van der Waals surface area contributed by atoms with Crippen molar-refractivity contribution in [2.75, 3.05) is 50.9 Å². The number of morpholine rings is 1. The molecule has 1 aromatic heterocycles. The average molecular weight is 659 g/mol. The van der Waals surface area contributed by atoms with Crippen molar-refractivity contribution in [3.05, 3.63) is 34.9 Å². The summed E-state index contributed by atoms with van der Waals surface area (Å²) in [5.74, 6) is 0.0764. The van der Waals surface area contributed by atoms with E-state index in [1.807, 2.05) is 67.5 Å². The molecule has 1 aliphatic heterocycles. The Morgan fingerprint density at radius 3 is 2.33 bits per heavy atom. The third-order valence-corrected chi connectivity index (χ3v) is 7.79. The first-order valence-corrected chi connectivity index (χ1v) is 16.7. The Morgan fingerprint density at radius 1 is 1.00 bits per heavy atom. The first-order valence-electron chi connectivity index (χ1n) is 15.7. The van der Waals surface area contributed by atoms with E-state index in [9.17, 15) is 14.4 Å². The molecule has 254 valence electrons. The van der Waals surface area contributed by atoms with Gasteiger partial charge in [0.25, 0.3) is 0 Å². The van der Waals surface area contributed by atoms with Crippen molar-refractivity contribution in [1.82, 2.24) is 25.5 Å². The van der Waals surface area contributed by atoms with E-state index in [1.54, 1.807) is 6.07 Å². The molecular weight excluding hydrogens is 608 g/mol. The van der Waals surface area contributed by atoms with Crippen molar-refractivity contribution >= 4 is 35.7 Å². The summed E-state index contributed by atoms with van der Waals surface area (Å²) in [5, 5.41) is 6.55. The number of nitrogens with one attached hydrogen (secondary N) is 2. The number of amides is 2. The van der Waals surface area contributed by atoms with Crippen LogP contribution in [-0.2, 0) is 19.0 Å². The lowest BCUT2D eigenvalue weighted by Crippen LogP contribution is -2.48. The van der Waals surface area contributed by atoms with Crippen molar-refractivity contribution in [3.8, 4) is 11.3 Å². The predicted octanol–water partition coefficient (Wildman–Crippen LogP) is 4.51. The average Bonchev–Trinajstić information content (AvgIpc) is 2.91. The quantitative estimate of drug-likeness (QED) is 0.167. The lowest BCUT2D eigenvalue weighted by Gasteiger charge is -2.31. The molecule has 4 N–H and O–H groups in total. The molecule has 0 saturated carbocycles. The Kier molecular flexibility index (Phi) is 13.2. The van der Waals surface area contributed by atoms with Gasteiger partial charge in [0.05, 0.1) is 24.5 Å². The number of hydrogen-bond donors (Lipinski definition) is 3. The number of carbonyl (C=O) groups excluding carboxylic acids is 3. The second-order valence-corrected chi connectivity index (χ2v) is 14.5. The van der Waals surface area contributed by atoms with Crippen molar-refractivity contribution in [3.63, 3.8) is 0 Å². The maximum atomic E-state index is 13.0. The van der Waals surface area contributed by atoms with Gasteiger partial charge in [0.2, 0.25) is 11.9 Å². The largest absolute Gasteiger partial charge is 0.456 e. The number of thioether (sulfide) groups is 1. The number of aromatic nitrogens is 2. The third-order valence-electron chi connectivity index (χ3n) is 6.87. The molecule has 1 fully saturated rings. The molecule has 1 aromatic carbocycles. The number of ether oxygens (including phenoxy) is 3. The molecule has 0 bridgehead atoms. The van der Waals surface area contributed by atoms with Crippen LogP contribution in [0.25, 0.3) is 11.3 Å². The number of nitrogen functional groups attached to an aromatic ring is 1. The van der Waals surface area contributed by atoms with Crippen LogP contribution in [0.1, 0.15) is 75.9 Å². The Balaban J connectivity index is 1.63. The SMILES string of the molecule is Cc1cc(C)c(-c2cc(SCCC(=O)N[C@@H](CCNC(=O)OC(C)(C)C)CN3CCOCC3)nc(N)n2)cc1C(=O)OC(C)(C)C. The molecule has 12 nitrogen and oxygen atoms in total. The van der Waals surface area contributed by atoms with Crippen LogP contribution in [0.5, 0.6) is 0 Å². The zero-order valence-corrected chi connectivity index (χ0v) is 29.3. The van der Waals surface area contributed by atoms with Crippen LogP contribution < -0.4 is 16.4 Å². The van der Waals surface area contributed by atoms with Gasteiger partial charge in [0, 0.05) is 50.0 Å². The van der Waals surface area contributed by atoms with Crippen LogP contribution in [-0.4, -0.2) is 95.2 Å². The van der Waals surface area contributed by atoms with Crippen LogP contribution in [0.4, 0.5) is 10.7 Å². The summed E-state index contributed by atoms with van der Waals surface area (Å²) >= 11 is 1.40. The number of alkyl carbamates (subject to hydrolysis) is 1. The molecule has 2 amide bonds. The summed E-state index contributed by atoms with van der Waals surface area (Å²) in [7, 11) is 0. The summed E-state index contributed by atoms with van der Waals surface area (Å²) in [5.41, 5.74) is 8.44. The highest BCUT2D eigenvalue weighted by molar-refractivity contribution is 7.99. The lowest BCUT2D eigenvalue weighted by molar-refractivity contribution is -0.121. The van der Waals surface area contributed by atoms with E-state index in [4.69, 9.17) is 19.9 Å². The van der Waals surface area contributed by atoms with Gasteiger partial charge in [-0.05, 0) is 85.1 Å². The molecule has 0 aliphatic carbocycles. The third kappa shape index (κ3) is 12.8. The van der Waals surface area contributed by atoms with E-state index in [0.717, 1.165) is 29.8 Å². The highest BCUT2D eigenvalue weighted by Gasteiger charge is 2.23. The molecular formula is C33H50N6O6S. The molecule has 0 spiro atoms. The fraction of sp³-hybridized carbons (Fsp3) is 0.606. The van der Waals surface area contributed by atoms with E-state index in [1.165, 1.54) is 11.8 Å². The summed E-state index contributed by atoms with van der Waals surface area (Å²) in [6, 6.07) is 5.38. The second-order valence-electron chi connectivity index (χ2n) is 13.4. The van der Waals surface area contributed by atoms with Gasteiger partial charge in [-0.2, -0.15) is 0 Å². The number of benzene rings is 1. The first kappa shape index (κ1) is 37.0. The van der Waals surface area contributed by atoms with Gasteiger partial charge in [0.1, 0.15) is 16.2 Å². The number of esters is 1. The van der Waals surface area contributed by atoms with Crippen LogP contribution >= 0.6 is 11.8 Å². The second kappa shape index (κ2) is 16.4. The van der Waals surface area contributed by atoms with Crippen molar-refractivity contribution in [2.45, 2.75) is 90.5 Å². The normalized spacial score (nSPS) is 14.8. The summed E-state index contributed by atoms with van der Waals surface area (Å²) < 4.78 is 16.4. The molecule has 1 aliphatic rings. The van der Waals surface area contributed by atoms with E-state index < -0.39 is 23.3 Å². The molecule has 46 heavy (non-hydrogen) atoms. The molecule has 2 aromatic rings. The highest BCUT2D eigenvalue weighted by Crippen LogP contribution is 2.30. The topological polar surface area (TPSA) is 158 Å². The Bertz CT molecular complexity index is 1370. The minimum atomic E-state index is -0.622. The van der Waals surface area contributed by atoms with Crippen LogP contribution in [0.3, 0.4) is 0 Å². The number of anilines is 1. The van der Waals surface area contributed by atoms with Gasteiger partial charge in [-0.15, -0.1) is 11.8 Å². The van der Waals surface area contributed by atoms with Crippen molar-refractivity contribution < 1.29 is 28.6 Å². The minimum absolute atomic E-state index is 0.0957. The van der Waals surface area contributed by atoms with Crippen LogP contribution in [0, 0.1) is 13.8 Å². The standard InChI is InChI=1S/C33H50N6O6S/c1-21-17-22(2)25(29(41)44-32(3,4)5)18-24(21)26-19-28(38-30(34)37-26)46-16-10-27(40)36-23(20-39-12-14-43-15-13-39)9-11-35-31(42)45-33(6,7)8/h17-19,23H,9-16,20H2,1-8H3,(H,35,42)(H,36,40)(H2,34,37,38)/t23-/m0/s1. The maximum absolute atomic E-state index is 13.0. The predicted molar refractivity (Wildman–Crippen MR) is 180 cm³/mol. The maximum Gasteiger partial charge on any atom is 0.407 e. The zero-order valence-electron chi connectivity index (χ0n) is 28.5. The Morgan fingerprint density at radius 2 is 1.67 bits per heavy atom. The van der Waals surface area contributed by atoms with Gasteiger partial charge >= 0.3 is 12.1 Å². The van der Waals surface area contributed by atoms with E-state index in [0.29, 0.717) is 54.8 Å². The highest BCUT2D eigenvalue weighted by atomic mass is 32.2. The first-order chi connectivity index (χ1) is 21.5. The Hall–Kier alpha value is -3.42. The number of nitrogens with zero attached hydrogens (tertiary/aromatic N) is 3. The molecule has 1 saturated heterocycles. The molecule has 1 atom stereocenters. The number of rotatable bonds is 12. The Labute approximate surface area is 276 Å². The van der Waals surface area contributed by atoms with Gasteiger partial charge < -0.3 is 30.6 Å². The van der Waals surface area contributed by atoms with E-state index >= 15 is 0 Å². The van der Waals surface area contributed by atoms with Gasteiger partial charge in [0.15, 0.2) is 0 Å². The van der Waals surface area contributed by atoms with E-state index in [-0.39, 0.29) is 24.3 Å². The van der Waals surface area contributed by atoms with Crippen LogP contribution in [0.15, 0.2) is 23.2 Å². The summed E-state index contributed by atoms with van der Waals surface area (Å²) in [6.45, 7) is 18.7. The molecule has 0 unspecified atom stereocenters. The van der Waals surface area contributed by atoms with E-state index in [2.05, 4.69) is 25.5 Å². The van der Waals surface area contributed by atoms with Gasteiger partial charge in [-0.1, -0.05) is 6.07 Å².